The molecule has 2 amide bonds. The van der Waals surface area contributed by atoms with Crippen LogP contribution in [-0.2, 0) is 14.8 Å². The molecule has 1 heterocycles. The van der Waals surface area contributed by atoms with Crippen LogP contribution in [0.5, 0.6) is 0 Å². The van der Waals surface area contributed by atoms with Gasteiger partial charge in [0.25, 0.3) is 11.8 Å². The van der Waals surface area contributed by atoms with Gasteiger partial charge in [0, 0.05) is 39.4 Å². The molecule has 0 atom stereocenters. The summed E-state index contributed by atoms with van der Waals surface area (Å²) in [5.74, 6) is -0.609. The lowest BCUT2D eigenvalue weighted by Gasteiger charge is -2.12. The summed E-state index contributed by atoms with van der Waals surface area (Å²) in [6, 6.07) is 10.7. The number of aromatic nitrogens is 3. The first-order valence-corrected chi connectivity index (χ1v) is 10.6. The summed E-state index contributed by atoms with van der Waals surface area (Å²) in [6.07, 6.45) is 0. The molecule has 164 valence electrons. The lowest BCUT2D eigenvalue weighted by atomic mass is 10.2. The van der Waals surface area contributed by atoms with Crippen molar-refractivity contribution in [2.45, 2.75) is 4.90 Å². The summed E-state index contributed by atoms with van der Waals surface area (Å²) in [4.78, 5) is 32.0. The molecule has 0 spiro atoms. The first kappa shape index (κ1) is 22.2. The maximum atomic E-state index is 12.3. The van der Waals surface area contributed by atoms with Crippen molar-refractivity contribution in [1.82, 2.24) is 24.4 Å². The molecular weight excluding hydrogens is 424 g/mol. The Kier molecular flexibility index (Phi) is 6.22. The summed E-state index contributed by atoms with van der Waals surface area (Å²) in [6.45, 7) is -0.387. The molecule has 1 N–H and O–H groups in total. The zero-order chi connectivity index (χ0) is 22.8. The molecule has 12 heteroatoms. The SMILES string of the molecule is CN(C)C(=O)c1ccc(NC(=O)COn2nnc3ccc(S(=O)(=O)N(C)C)cc32)cc1. The Hall–Kier alpha value is -3.51. The molecule has 0 saturated carbocycles. The van der Waals surface area contributed by atoms with Crippen molar-refractivity contribution in [1.29, 1.82) is 0 Å². The van der Waals surface area contributed by atoms with Crippen molar-refractivity contribution in [3.63, 3.8) is 0 Å². The average Bonchev–Trinajstić information content (AvgIpc) is 3.14. The van der Waals surface area contributed by atoms with Crippen LogP contribution in [-0.4, -0.2) is 79.4 Å². The minimum Gasteiger partial charge on any atom is -0.385 e. The maximum absolute atomic E-state index is 12.3. The number of hydrogen-bond acceptors (Lipinski definition) is 7. The fourth-order valence-corrected chi connectivity index (χ4v) is 3.54. The average molecular weight is 446 g/mol. The highest BCUT2D eigenvalue weighted by molar-refractivity contribution is 7.89. The van der Waals surface area contributed by atoms with Gasteiger partial charge in [0.2, 0.25) is 10.0 Å². The number of sulfonamides is 1. The van der Waals surface area contributed by atoms with Gasteiger partial charge in [-0.05, 0) is 47.7 Å². The highest BCUT2D eigenvalue weighted by Gasteiger charge is 2.19. The number of amides is 2. The van der Waals surface area contributed by atoms with E-state index in [2.05, 4.69) is 15.6 Å². The van der Waals surface area contributed by atoms with Gasteiger partial charge in [0.15, 0.2) is 6.61 Å². The van der Waals surface area contributed by atoms with Gasteiger partial charge in [-0.1, -0.05) is 4.85 Å². The smallest absolute Gasteiger partial charge is 0.265 e. The highest BCUT2D eigenvalue weighted by atomic mass is 32.2. The van der Waals surface area contributed by atoms with Crippen molar-refractivity contribution >= 4 is 38.6 Å². The van der Waals surface area contributed by atoms with Crippen molar-refractivity contribution in [3.05, 3.63) is 48.0 Å². The van der Waals surface area contributed by atoms with Crippen LogP contribution in [0.1, 0.15) is 10.4 Å². The second-order valence-corrected chi connectivity index (χ2v) is 9.15. The first-order valence-electron chi connectivity index (χ1n) is 9.12. The molecule has 3 rings (SSSR count). The third kappa shape index (κ3) is 4.81. The lowest BCUT2D eigenvalue weighted by Crippen LogP contribution is -2.26. The molecule has 0 unspecified atom stereocenters. The third-order valence-corrected chi connectivity index (χ3v) is 6.12. The van der Waals surface area contributed by atoms with E-state index in [1.54, 1.807) is 38.4 Å². The summed E-state index contributed by atoms with van der Waals surface area (Å²) >= 11 is 0. The topological polar surface area (TPSA) is 127 Å². The van der Waals surface area contributed by atoms with Crippen molar-refractivity contribution < 1.29 is 22.8 Å². The van der Waals surface area contributed by atoms with Crippen LogP contribution in [0.25, 0.3) is 11.0 Å². The fourth-order valence-electron chi connectivity index (χ4n) is 2.62. The van der Waals surface area contributed by atoms with E-state index >= 15 is 0 Å². The Bertz CT molecular complexity index is 1220. The predicted molar refractivity (Wildman–Crippen MR) is 113 cm³/mol. The van der Waals surface area contributed by atoms with Gasteiger partial charge in [-0.15, -0.1) is 5.10 Å². The van der Waals surface area contributed by atoms with E-state index in [9.17, 15) is 18.0 Å². The molecule has 0 aliphatic carbocycles. The van der Waals surface area contributed by atoms with Crippen molar-refractivity contribution in [2.75, 3.05) is 40.1 Å². The van der Waals surface area contributed by atoms with Crippen molar-refractivity contribution in [2.24, 2.45) is 0 Å². The second-order valence-electron chi connectivity index (χ2n) is 7.00. The van der Waals surface area contributed by atoms with Crippen LogP contribution >= 0.6 is 0 Å². The van der Waals surface area contributed by atoms with E-state index in [0.29, 0.717) is 22.3 Å². The highest BCUT2D eigenvalue weighted by Crippen LogP contribution is 2.19. The van der Waals surface area contributed by atoms with Crippen LogP contribution in [0, 0.1) is 0 Å². The Morgan fingerprint density at radius 1 is 1.06 bits per heavy atom. The van der Waals surface area contributed by atoms with Gasteiger partial charge in [-0.25, -0.2) is 12.7 Å². The number of carbonyl (C=O) groups excluding carboxylic acids is 2. The Morgan fingerprint density at radius 2 is 1.74 bits per heavy atom. The summed E-state index contributed by atoms with van der Waals surface area (Å²) in [7, 11) is 2.52. The van der Waals surface area contributed by atoms with Crippen molar-refractivity contribution in [3.8, 4) is 0 Å². The molecule has 0 aliphatic heterocycles. The van der Waals surface area contributed by atoms with E-state index in [0.717, 1.165) is 9.15 Å². The number of carbonyl (C=O) groups is 2. The van der Waals surface area contributed by atoms with Gasteiger partial charge in [0.05, 0.1) is 4.90 Å². The molecular formula is C19H22N6O5S. The predicted octanol–water partition coefficient (Wildman–Crippen LogP) is 0.451. The quantitative estimate of drug-likeness (QED) is 0.558. The van der Waals surface area contributed by atoms with Gasteiger partial charge in [-0.3, -0.25) is 9.59 Å². The molecule has 0 aliphatic rings. The van der Waals surface area contributed by atoms with Crippen LogP contribution in [0.3, 0.4) is 0 Å². The van der Waals surface area contributed by atoms with Crippen LogP contribution in [0.4, 0.5) is 5.69 Å². The Morgan fingerprint density at radius 3 is 2.35 bits per heavy atom. The van der Waals surface area contributed by atoms with Gasteiger partial charge >= 0.3 is 0 Å². The number of fused-ring (bicyclic) bond motifs is 1. The molecule has 1 aromatic heterocycles. The monoisotopic (exact) mass is 446 g/mol. The van der Waals surface area contributed by atoms with Gasteiger partial charge in [-0.2, -0.15) is 0 Å². The molecule has 0 saturated heterocycles. The summed E-state index contributed by atoms with van der Waals surface area (Å²) in [5, 5.41) is 10.4. The van der Waals surface area contributed by atoms with E-state index in [1.165, 1.54) is 37.2 Å². The molecule has 11 nitrogen and oxygen atoms in total. The number of rotatable bonds is 7. The largest absolute Gasteiger partial charge is 0.385 e. The molecule has 31 heavy (non-hydrogen) atoms. The summed E-state index contributed by atoms with van der Waals surface area (Å²) in [5.41, 5.74) is 1.71. The van der Waals surface area contributed by atoms with Gasteiger partial charge in [0.1, 0.15) is 11.0 Å². The minimum atomic E-state index is -3.65. The van der Waals surface area contributed by atoms with E-state index in [1.807, 2.05) is 0 Å². The van der Waals surface area contributed by atoms with Gasteiger partial charge < -0.3 is 15.1 Å². The first-order chi connectivity index (χ1) is 14.6. The second kappa shape index (κ2) is 8.70. The van der Waals surface area contributed by atoms with Crippen LogP contribution in [0.2, 0.25) is 0 Å². The fraction of sp³-hybridized carbons (Fsp3) is 0.263. The maximum Gasteiger partial charge on any atom is 0.265 e. The molecule has 0 radical (unpaired) electrons. The van der Waals surface area contributed by atoms with E-state index in [4.69, 9.17) is 4.84 Å². The van der Waals surface area contributed by atoms with E-state index in [-0.39, 0.29) is 17.4 Å². The number of hydrogen-bond donors (Lipinski definition) is 1. The molecule has 3 aromatic rings. The van der Waals surface area contributed by atoms with Crippen LogP contribution in [0.15, 0.2) is 47.4 Å². The van der Waals surface area contributed by atoms with E-state index < -0.39 is 15.9 Å². The zero-order valence-electron chi connectivity index (χ0n) is 17.4. The van der Waals surface area contributed by atoms with Crippen LogP contribution < -0.4 is 10.2 Å². The molecule has 0 bridgehead atoms. The number of nitrogens with zero attached hydrogens (tertiary/aromatic N) is 5. The summed E-state index contributed by atoms with van der Waals surface area (Å²) < 4.78 is 25.7. The number of benzene rings is 2. The standard InChI is InChI=1S/C19H22N6O5S/c1-23(2)19(27)13-5-7-14(8-6-13)20-18(26)12-30-25-17-11-15(31(28,29)24(3)4)9-10-16(17)21-22-25/h5-11H,12H2,1-4H3,(H,20,26). The molecule has 2 aromatic carbocycles. The normalized spacial score (nSPS) is 11.5. The zero-order valence-corrected chi connectivity index (χ0v) is 18.3. The third-order valence-electron chi connectivity index (χ3n) is 4.30. The Labute approximate surface area is 179 Å². The minimum absolute atomic E-state index is 0.0500. The molecule has 0 fully saturated rings. The lowest BCUT2D eigenvalue weighted by molar-refractivity contribution is -0.121. The Balaban J connectivity index is 1.68. The number of anilines is 1. The number of nitrogens with one attached hydrogen (secondary N) is 1.